The molecular weight excluding hydrogens is 300 g/mol. The van der Waals surface area contributed by atoms with Gasteiger partial charge in [0.2, 0.25) is 5.91 Å². The molecule has 1 aromatic heterocycles. The minimum absolute atomic E-state index is 0.132. The number of amides is 1. The van der Waals surface area contributed by atoms with E-state index in [1.807, 2.05) is 37.6 Å². The van der Waals surface area contributed by atoms with Crippen molar-refractivity contribution < 1.29 is 4.79 Å². The van der Waals surface area contributed by atoms with Gasteiger partial charge in [-0.1, -0.05) is 30.3 Å². The summed E-state index contributed by atoms with van der Waals surface area (Å²) in [6.07, 6.45) is 5.95. The van der Waals surface area contributed by atoms with Crippen LogP contribution in [-0.2, 0) is 24.9 Å². The summed E-state index contributed by atoms with van der Waals surface area (Å²) in [6, 6.07) is 10.6. The molecular formula is C19H24N4O. The number of carbonyl (C=O) groups excluding carboxylic acids is 1. The van der Waals surface area contributed by atoms with Gasteiger partial charge in [-0.25, -0.2) is 4.98 Å². The number of carbonyl (C=O) groups is 1. The Morgan fingerprint density at radius 2 is 1.96 bits per heavy atom. The second-order valence-corrected chi connectivity index (χ2v) is 7.03. The van der Waals surface area contributed by atoms with E-state index in [-0.39, 0.29) is 5.92 Å². The monoisotopic (exact) mass is 324 g/mol. The van der Waals surface area contributed by atoms with E-state index in [0.29, 0.717) is 11.9 Å². The fourth-order valence-electron chi connectivity index (χ4n) is 4.00. The number of aromatic nitrogens is 2. The van der Waals surface area contributed by atoms with Crippen molar-refractivity contribution in [3.63, 3.8) is 0 Å². The fraction of sp³-hybridized carbons (Fsp3) is 0.474. The molecule has 1 amide bonds. The molecule has 2 atom stereocenters. The zero-order chi connectivity index (χ0) is 16.5. The van der Waals surface area contributed by atoms with Crippen molar-refractivity contribution in [2.75, 3.05) is 13.1 Å². The smallest absolute Gasteiger partial charge is 0.227 e. The molecule has 4 heterocycles. The van der Waals surface area contributed by atoms with Gasteiger partial charge in [-0.15, -0.1) is 0 Å². The molecule has 0 unspecified atom stereocenters. The molecule has 3 aliphatic rings. The Labute approximate surface area is 142 Å². The van der Waals surface area contributed by atoms with E-state index in [0.717, 1.165) is 44.8 Å². The van der Waals surface area contributed by atoms with Crippen molar-refractivity contribution in [2.45, 2.75) is 32.0 Å². The minimum Gasteiger partial charge on any atom is -0.337 e. The fourth-order valence-corrected chi connectivity index (χ4v) is 4.00. The van der Waals surface area contributed by atoms with Crippen molar-refractivity contribution in [3.05, 3.63) is 54.1 Å². The lowest BCUT2D eigenvalue weighted by molar-refractivity contribution is -0.140. The predicted molar refractivity (Wildman–Crippen MR) is 92.0 cm³/mol. The highest BCUT2D eigenvalue weighted by Crippen LogP contribution is 2.30. The molecule has 3 aliphatic heterocycles. The van der Waals surface area contributed by atoms with Crippen LogP contribution in [0.5, 0.6) is 0 Å². The van der Waals surface area contributed by atoms with Gasteiger partial charge in [-0.3, -0.25) is 9.69 Å². The first-order valence-corrected chi connectivity index (χ1v) is 8.73. The average Bonchev–Trinajstić information content (AvgIpc) is 2.81. The molecule has 0 saturated carbocycles. The van der Waals surface area contributed by atoms with Gasteiger partial charge in [0, 0.05) is 45.1 Å². The molecule has 0 radical (unpaired) electrons. The molecule has 5 nitrogen and oxygen atoms in total. The highest BCUT2D eigenvalue weighted by Gasteiger charge is 2.40. The lowest BCUT2D eigenvalue weighted by Gasteiger charge is -2.36. The number of aryl methyl sites for hydroxylation is 1. The third-order valence-electron chi connectivity index (χ3n) is 5.35. The third-order valence-corrected chi connectivity index (χ3v) is 5.35. The Balaban J connectivity index is 1.51. The van der Waals surface area contributed by atoms with Crippen LogP contribution in [0, 0.1) is 5.92 Å². The van der Waals surface area contributed by atoms with Crippen LogP contribution in [0.25, 0.3) is 0 Å². The molecule has 3 fully saturated rings. The summed E-state index contributed by atoms with van der Waals surface area (Å²) in [6.45, 7) is 3.36. The van der Waals surface area contributed by atoms with Crippen LogP contribution in [0.3, 0.4) is 0 Å². The Hall–Kier alpha value is -2.14. The van der Waals surface area contributed by atoms with Crippen LogP contribution in [0.2, 0.25) is 0 Å². The van der Waals surface area contributed by atoms with Crippen LogP contribution >= 0.6 is 0 Å². The Morgan fingerprint density at radius 1 is 1.12 bits per heavy atom. The third kappa shape index (κ3) is 2.96. The number of hydrogen-bond donors (Lipinski definition) is 0. The number of imidazole rings is 1. The summed E-state index contributed by atoms with van der Waals surface area (Å²) in [5.74, 6) is 1.53. The quantitative estimate of drug-likeness (QED) is 0.864. The maximum atomic E-state index is 12.9. The number of piperidine rings is 1. The highest BCUT2D eigenvalue weighted by atomic mass is 16.2. The van der Waals surface area contributed by atoms with Crippen LogP contribution in [0.4, 0.5) is 0 Å². The minimum atomic E-state index is 0.132. The first kappa shape index (κ1) is 15.4. The van der Waals surface area contributed by atoms with Gasteiger partial charge in [0.1, 0.15) is 5.82 Å². The van der Waals surface area contributed by atoms with E-state index in [2.05, 4.69) is 31.5 Å². The maximum absolute atomic E-state index is 12.9. The normalized spacial score (nSPS) is 24.4. The molecule has 1 aromatic carbocycles. The SMILES string of the molecule is Cn1ccnc1CN1C[C@H]2CC[C@@H](C1)N(Cc1ccccc1)C2=O. The lowest BCUT2D eigenvalue weighted by Crippen LogP contribution is -2.47. The van der Waals surface area contributed by atoms with E-state index in [1.165, 1.54) is 5.56 Å². The number of rotatable bonds is 4. The van der Waals surface area contributed by atoms with E-state index >= 15 is 0 Å². The molecule has 3 saturated heterocycles. The first-order chi connectivity index (χ1) is 11.7. The van der Waals surface area contributed by atoms with Crippen molar-refractivity contribution in [3.8, 4) is 0 Å². The molecule has 126 valence electrons. The van der Waals surface area contributed by atoms with E-state index in [1.54, 1.807) is 0 Å². The zero-order valence-corrected chi connectivity index (χ0v) is 14.1. The second kappa shape index (κ2) is 6.40. The molecule has 0 aliphatic carbocycles. The van der Waals surface area contributed by atoms with E-state index < -0.39 is 0 Å². The highest BCUT2D eigenvalue weighted by molar-refractivity contribution is 5.80. The number of hydrogen-bond acceptors (Lipinski definition) is 3. The molecule has 5 rings (SSSR count). The van der Waals surface area contributed by atoms with Gasteiger partial charge >= 0.3 is 0 Å². The topological polar surface area (TPSA) is 41.4 Å². The summed E-state index contributed by atoms with van der Waals surface area (Å²) in [5, 5.41) is 0. The predicted octanol–water partition coefficient (Wildman–Crippen LogP) is 2.04. The van der Waals surface area contributed by atoms with Crippen LogP contribution in [0.1, 0.15) is 24.2 Å². The van der Waals surface area contributed by atoms with Crippen molar-refractivity contribution in [1.82, 2.24) is 19.4 Å². The van der Waals surface area contributed by atoms with Gasteiger partial charge in [-0.05, 0) is 18.4 Å². The number of benzene rings is 1. The van der Waals surface area contributed by atoms with Crippen molar-refractivity contribution >= 4 is 5.91 Å². The summed E-state index contributed by atoms with van der Waals surface area (Å²) in [4.78, 5) is 21.9. The summed E-state index contributed by atoms with van der Waals surface area (Å²) < 4.78 is 2.07. The molecule has 24 heavy (non-hydrogen) atoms. The molecule has 2 bridgehead atoms. The summed E-state index contributed by atoms with van der Waals surface area (Å²) in [5.41, 5.74) is 1.22. The zero-order valence-electron chi connectivity index (χ0n) is 14.1. The number of fused-ring (bicyclic) bond motifs is 4. The summed E-state index contributed by atoms with van der Waals surface area (Å²) >= 11 is 0. The van der Waals surface area contributed by atoms with E-state index in [4.69, 9.17) is 0 Å². The first-order valence-electron chi connectivity index (χ1n) is 8.73. The molecule has 5 heteroatoms. The Morgan fingerprint density at radius 3 is 2.71 bits per heavy atom. The maximum Gasteiger partial charge on any atom is 0.227 e. The van der Waals surface area contributed by atoms with Crippen molar-refractivity contribution in [1.29, 1.82) is 0 Å². The van der Waals surface area contributed by atoms with Crippen molar-refractivity contribution in [2.24, 2.45) is 13.0 Å². The Bertz CT molecular complexity index is 711. The molecule has 0 N–H and O–H groups in total. The average molecular weight is 324 g/mol. The van der Waals surface area contributed by atoms with Crippen LogP contribution < -0.4 is 0 Å². The van der Waals surface area contributed by atoms with Gasteiger partial charge in [0.05, 0.1) is 12.5 Å². The molecule has 2 aromatic rings. The van der Waals surface area contributed by atoms with Crippen LogP contribution in [-0.4, -0.2) is 44.4 Å². The van der Waals surface area contributed by atoms with E-state index in [9.17, 15) is 4.79 Å². The standard InChI is InChI=1S/C19H24N4O/c1-21-10-9-20-18(21)14-22-12-16-7-8-17(13-22)23(19(16)24)11-15-5-3-2-4-6-15/h2-6,9-10,16-17H,7-8,11-14H2,1H3/t16-,17+/m1/s1. The van der Waals surface area contributed by atoms with Crippen LogP contribution in [0.15, 0.2) is 42.7 Å². The van der Waals surface area contributed by atoms with Gasteiger partial charge in [0.15, 0.2) is 0 Å². The Kier molecular flexibility index (Phi) is 4.10. The van der Waals surface area contributed by atoms with Gasteiger partial charge in [0.25, 0.3) is 0 Å². The second-order valence-electron chi connectivity index (χ2n) is 7.03. The van der Waals surface area contributed by atoms with Gasteiger partial charge in [-0.2, -0.15) is 0 Å². The number of nitrogens with zero attached hydrogens (tertiary/aromatic N) is 4. The molecule has 0 spiro atoms. The van der Waals surface area contributed by atoms with Gasteiger partial charge < -0.3 is 9.47 Å². The largest absolute Gasteiger partial charge is 0.337 e. The summed E-state index contributed by atoms with van der Waals surface area (Å²) in [7, 11) is 2.03. The lowest BCUT2D eigenvalue weighted by atomic mass is 9.93.